The zero-order valence-electron chi connectivity index (χ0n) is 24.7. The summed E-state index contributed by atoms with van der Waals surface area (Å²) in [5.41, 5.74) is 7.20. The van der Waals surface area contributed by atoms with E-state index in [2.05, 4.69) is 25.3 Å². The summed E-state index contributed by atoms with van der Waals surface area (Å²) in [5.74, 6) is -0.124. The summed E-state index contributed by atoms with van der Waals surface area (Å²) >= 11 is 1.22. The van der Waals surface area contributed by atoms with Crippen molar-refractivity contribution in [2.75, 3.05) is 5.94 Å². The third kappa shape index (κ3) is 9.17. The number of para-hydroxylation sites is 1. The number of ether oxygens (including phenoxy) is 2. The molecule has 13 heteroatoms. The molecular formula is C31H31F3N6O3S. The number of esters is 1. The van der Waals surface area contributed by atoms with Gasteiger partial charge in [-0.3, -0.25) is 10.2 Å². The molecule has 0 aliphatic heterocycles. The van der Waals surface area contributed by atoms with E-state index in [-0.39, 0.29) is 17.7 Å². The molecule has 9 nitrogen and oxygen atoms in total. The van der Waals surface area contributed by atoms with Crippen molar-refractivity contribution in [1.82, 2.24) is 20.2 Å². The number of alkyl halides is 3. The number of aromatic nitrogens is 3. The normalized spacial score (nSPS) is 12.4. The molecule has 0 spiro atoms. The highest BCUT2D eigenvalue weighted by Gasteiger charge is 2.31. The van der Waals surface area contributed by atoms with Gasteiger partial charge in [0.25, 0.3) is 0 Å². The lowest BCUT2D eigenvalue weighted by atomic mass is 9.98. The second-order valence-electron chi connectivity index (χ2n) is 10.6. The molecule has 4 aromatic rings. The van der Waals surface area contributed by atoms with Crippen LogP contribution in [-0.2, 0) is 9.53 Å². The van der Waals surface area contributed by atoms with Crippen LogP contribution < -0.4 is 10.2 Å². The number of carbonyl (C=O) groups excluding carboxylic acids is 1. The second kappa shape index (κ2) is 13.8. The van der Waals surface area contributed by atoms with E-state index in [1.54, 1.807) is 27.0 Å². The smallest absolute Gasteiger partial charge is 0.454 e. The SMILES string of the molecule is Cc1cccc(C)c1/N=C(/N/N=C/c1ccc(-c2ncn(-c3ccc(OC(F)(F)F)cc3)n2)cc1)SCOC(=O)C(C)(C)C. The lowest BCUT2D eigenvalue weighted by molar-refractivity contribution is -0.274. The van der Waals surface area contributed by atoms with Crippen LogP contribution in [0.3, 0.4) is 0 Å². The first kappa shape index (κ1) is 32.3. The van der Waals surface area contributed by atoms with E-state index < -0.39 is 11.8 Å². The Morgan fingerprint density at radius 2 is 1.66 bits per heavy atom. The highest BCUT2D eigenvalue weighted by Crippen LogP contribution is 2.26. The van der Waals surface area contributed by atoms with Crippen LogP contribution in [0.15, 0.2) is 83.2 Å². The van der Waals surface area contributed by atoms with Crippen molar-refractivity contribution in [2.24, 2.45) is 15.5 Å². The van der Waals surface area contributed by atoms with Crippen LogP contribution in [0.25, 0.3) is 17.1 Å². The minimum Gasteiger partial charge on any atom is -0.454 e. The number of halogens is 3. The third-order valence-corrected chi connectivity index (χ3v) is 6.71. The van der Waals surface area contributed by atoms with Gasteiger partial charge >= 0.3 is 12.3 Å². The van der Waals surface area contributed by atoms with Gasteiger partial charge in [-0.15, -0.1) is 18.3 Å². The third-order valence-electron chi connectivity index (χ3n) is 6.02. The molecule has 0 aliphatic rings. The maximum atomic E-state index is 12.4. The largest absolute Gasteiger partial charge is 0.573 e. The zero-order valence-corrected chi connectivity index (χ0v) is 25.5. The summed E-state index contributed by atoms with van der Waals surface area (Å²) in [6, 6.07) is 18.6. The number of aryl methyl sites for hydroxylation is 2. The fourth-order valence-electron chi connectivity index (χ4n) is 3.73. The standard InChI is InChI=1S/C31H31F3N6O3S/c1-20-7-6-8-21(2)26(20)37-29(44-19-42-28(41)30(3,4)5)38-36-17-22-9-11-23(12-10-22)27-35-18-40(39-27)24-13-15-25(16-14-24)43-31(32,33)34/h6-18H,19H2,1-5H3,(H,37,38)/b36-17+. The van der Waals surface area contributed by atoms with Gasteiger partial charge in [0, 0.05) is 5.56 Å². The fourth-order valence-corrected chi connectivity index (χ4v) is 4.28. The quantitative estimate of drug-likeness (QED) is 0.0719. The highest BCUT2D eigenvalue weighted by molar-refractivity contribution is 8.13. The van der Waals surface area contributed by atoms with Gasteiger partial charge in [0.1, 0.15) is 18.0 Å². The molecule has 0 bridgehead atoms. The van der Waals surface area contributed by atoms with Crippen molar-refractivity contribution < 1.29 is 27.4 Å². The van der Waals surface area contributed by atoms with Crippen molar-refractivity contribution >= 4 is 34.8 Å². The summed E-state index contributed by atoms with van der Waals surface area (Å²) in [5, 5.41) is 9.22. The van der Waals surface area contributed by atoms with Crippen molar-refractivity contribution in [3.63, 3.8) is 0 Å². The average Bonchev–Trinajstić information content (AvgIpc) is 3.44. The number of nitrogens with zero attached hydrogens (tertiary/aromatic N) is 5. The van der Waals surface area contributed by atoms with E-state index in [0.29, 0.717) is 16.7 Å². The topological polar surface area (TPSA) is 103 Å². The van der Waals surface area contributed by atoms with Crippen molar-refractivity contribution in [3.05, 3.63) is 89.7 Å². The molecule has 1 aromatic heterocycles. The Balaban J connectivity index is 1.42. The molecule has 3 aromatic carbocycles. The van der Waals surface area contributed by atoms with Gasteiger partial charge in [-0.25, -0.2) is 14.7 Å². The number of thioether (sulfide) groups is 1. The molecule has 0 amide bonds. The number of rotatable bonds is 8. The molecule has 0 aliphatic carbocycles. The van der Waals surface area contributed by atoms with E-state index in [9.17, 15) is 18.0 Å². The van der Waals surface area contributed by atoms with Gasteiger partial charge in [-0.1, -0.05) is 42.5 Å². The number of hydrogen-bond donors (Lipinski definition) is 1. The predicted molar refractivity (Wildman–Crippen MR) is 165 cm³/mol. The number of aliphatic imine (C=N–C) groups is 1. The molecule has 0 saturated heterocycles. The number of amidine groups is 1. The second-order valence-corrected chi connectivity index (χ2v) is 11.6. The molecule has 1 N–H and O–H groups in total. The fraction of sp³-hybridized carbons (Fsp3) is 0.258. The Morgan fingerprint density at radius 3 is 2.27 bits per heavy atom. The lowest BCUT2D eigenvalue weighted by Crippen LogP contribution is -2.24. The number of nitrogens with one attached hydrogen (secondary N) is 1. The predicted octanol–water partition coefficient (Wildman–Crippen LogP) is 7.34. The van der Waals surface area contributed by atoms with E-state index >= 15 is 0 Å². The highest BCUT2D eigenvalue weighted by atomic mass is 32.2. The van der Waals surface area contributed by atoms with Gasteiger partial charge in [-0.2, -0.15) is 5.10 Å². The first-order chi connectivity index (χ1) is 20.8. The molecule has 0 fully saturated rings. The monoisotopic (exact) mass is 624 g/mol. The Labute approximate surface area is 257 Å². The van der Waals surface area contributed by atoms with Crippen LogP contribution in [0, 0.1) is 19.3 Å². The van der Waals surface area contributed by atoms with E-state index in [4.69, 9.17) is 9.73 Å². The van der Waals surface area contributed by atoms with Crippen LogP contribution in [0.1, 0.15) is 37.5 Å². The number of carbonyl (C=O) groups is 1. The number of hydrazone groups is 1. The van der Waals surface area contributed by atoms with Crippen LogP contribution in [0.4, 0.5) is 18.9 Å². The van der Waals surface area contributed by atoms with Crippen LogP contribution >= 0.6 is 11.8 Å². The van der Waals surface area contributed by atoms with Gasteiger partial charge in [0.05, 0.1) is 23.0 Å². The number of hydrogen-bond acceptors (Lipinski definition) is 8. The van der Waals surface area contributed by atoms with Crippen LogP contribution in [0.5, 0.6) is 5.75 Å². The lowest BCUT2D eigenvalue weighted by Gasteiger charge is -2.16. The zero-order chi connectivity index (χ0) is 31.9. The molecule has 0 radical (unpaired) electrons. The maximum Gasteiger partial charge on any atom is 0.573 e. The average molecular weight is 625 g/mol. The molecule has 0 saturated carbocycles. The molecule has 0 unspecified atom stereocenters. The summed E-state index contributed by atoms with van der Waals surface area (Å²) in [6.07, 6.45) is -1.66. The first-order valence-corrected chi connectivity index (χ1v) is 14.4. The van der Waals surface area contributed by atoms with Crippen LogP contribution in [0.2, 0.25) is 0 Å². The molecule has 230 valence electrons. The number of benzene rings is 3. The van der Waals surface area contributed by atoms with Crippen LogP contribution in [-0.4, -0.2) is 44.4 Å². The van der Waals surface area contributed by atoms with E-state index in [1.165, 1.54) is 47.0 Å². The van der Waals surface area contributed by atoms with Gasteiger partial charge in [0.15, 0.2) is 11.0 Å². The minimum atomic E-state index is -4.76. The first-order valence-electron chi connectivity index (χ1n) is 13.4. The Morgan fingerprint density at radius 1 is 1.00 bits per heavy atom. The molecule has 44 heavy (non-hydrogen) atoms. The molecule has 4 rings (SSSR count). The Hall–Kier alpha value is -4.65. The summed E-state index contributed by atoms with van der Waals surface area (Å²) in [7, 11) is 0. The van der Waals surface area contributed by atoms with Gasteiger partial charge in [0.2, 0.25) is 0 Å². The Bertz CT molecular complexity index is 1620. The summed E-state index contributed by atoms with van der Waals surface area (Å²) < 4.78 is 48.0. The molecule has 0 atom stereocenters. The van der Waals surface area contributed by atoms with Gasteiger partial charge < -0.3 is 9.47 Å². The Kier molecular flexibility index (Phi) is 10.1. The molecule has 1 heterocycles. The summed E-state index contributed by atoms with van der Waals surface area (Å²) in [4.78, 5) is 21.2. The van der Waals surface area contributed by atoms with E-state index in [1.807, 2.05) is 56.3 Å². The minimum absolute atomic E-state index is 0.0716. The van der Waals surface area contributed by atoms with Crippen molar-refractivity contribution in [2.45, 2.75) is 41.0 Å². The van der Waals surface area contributed by atoms with Gasteiger partial charge in [-0.05, 0) is 87.3 Å². The van der Waals surface area contributed by atoms with Crippen molar-refractivity contribution in [3.8, 4) is 22.8 Å². The van der Waals surface area contributed by atoms with Crippen molar-refractivity contribution in [1.29, 1.82) is 0 Å². The summed E-state index contributed by atoms with van der Waals surface area (Å²) in [6.45, 7) is 9.32. The van der Waals surface area contributed by atoms with E-state index in [0.717, 1.165) is 27.9 Å². The maximum absolute atomic E-state index is 12.4. The molecular weight excluding hydrogens is 593 g/mol.